The molecule has 0 aromatic heterocycles. The number of nitrogens with two attached hydrogens (primary N) is 1. The molecule has 0 aliphatic carbocycles. The largest absolute Gasteiger partial charge is 0.398 e. The number of hydrogen-bond acceptors (Lipinski definition) is 2. The second-order valence-electron chi connectivity index (χ2n) is 2.38. The molecule has 1 rings (SSSR count). The zero-order chi connectivity index (χ0) is 9.30. The zero-order valence-electron chi connectivity index (χ0n) is 6.40. The number of Topliss-reactive ketones (excluding diaryl/α,β-unsaturated/α-hetero) is 1. The molecule has 1 aromatic carbocycles. The van der Waals surface area contributed by atoms with Crippen molar-refractivity contribution in [2.24, 2.45) is 0 Å². The molecular weight excluding hydrogens is 181 g/mol. The molecule has 2 N–H and O–H groups in total. The summed E-state index contributed by atoms with van der Waals surface area (Å²) in [5, 5.41) is -0.0116. The average Bonchev–Trinajstić information content (AvgIpc) is 1.97. The van der Waals surface area contributed by atoms with Gasteiger partial charge < -0.3 is 5.73 Å². The molecule has 0 aliphatic heterocycles. The van der Waals surface area contributed by atoms with Gasteiger partial charge in [0.05, 0.1) is 16.3 Å². The topological polar surface area (TPSA) is 43.1 Å². The van der Waals surface area contributed by atoms with E-state index in [0.717, 1.165) is 6.07 Å². The Morgan fingerprint density at radius 1 is 1.58 bits per heavy atom. The molecular formula is C8H7ClFNO. The first-order valence-corrected chi connectivity index (χ1v) is 3.66. The lowest BCUT2D eigenvalue weighted by Crippen LogP contribution is -2.01. The van der Waals surface area contributed by atoms with Gasteiger partial charge in [-0.15, -0.1) is 0 Å². The molecule has 0 radical (unpaired) electrons. The van der Waals surface area contributed by atoms with Crippen LogP contribution in [0.2, 0.25) is 5.02 Å². The van der Waals surface area contributed by atoms with Gasteiger partial charge in [-0.2, -0.15) is 0 Å². The Kier molecular flexibility index (Phi) is 2.33. The van der Waals surface area contributed by atoms with Crippen LogP contribution in [0.5, 0.6) is 0 Å². The zero-order valence-corrected chi connectivity index (χ0v) is 7.15. The van der Waals surface area contributed by atoms with Gasteiger partial charge in [0.25, 0.3) is 0 Å². The molecule has 0 fully saturated rings. The Hall–Kier alpha value is -1.09. The molecule has 1 aromatic rings. The summed E-state index contributed by atoms with van der Waals surface area (Å²) in [4.78, 5) is 10.9. The van der Waals surface area contributed by atoms with Crippen LogP contribution in [0.1, 0.15) is 17.3 Å². The van der Waals surface area contributed by atoms with E-state index in [0.29, 0.717) is 0 Å². The maximum Gasteiger partial charge on any atom is 0.164 e. The molecule has 0 unspecified atom stereocenters. The summed E-state index contributed by atoms with van der Waals surface area (Å²) in [5.74, 6) is -1.06. The van der Waals surface area contributed by atoms with E-state index < -0.39 is 11.6 Å². The van der Waals surface area contributed by atoms with E-state index >= 15 is 0 Å². The Balaban J connectivity index is 3.43. The summed E-state index contributed by atoms with van der Waals surface area (Å²) in [6, 6.07) is 2.45. The SMILES string of the molecule is CC(=O)c1c(F)ccc(N)c1Cl. The molecule has 4 heteroatoms. The molecule has 2 nitrogen and oxygen atoms in total. The van der Waals surface area contributed by atoms with Crippen LogP contribution < -0.4 is 5.73 Å². The first-order chi connectivity index (χ1) is 5.54. The molecule has 0 saturated carbocycles. The van der Waals surface area contributed by atoms with E-state index in [1.807, 2.05) is 0 Å². The van der Waals surface area contributed by atoms with E-state index in [-0.39, 0.29) is 16.3 Å². The molecule has 64 valence electrons. The number of rotatable bonds is 1. The number of halogens is 2. The number of nitrogen functional groups attached to an aromatic ring is 1. The van der Waals surface area contributed by atoms with E-state index in [2.05, 4.69) is 0 Å². The van der Waals surface area contributed by atoms with Gasteiger partial charge >= 0.3 is 0 Å². The fourth-order valence-electron chi connectivity index (χ4n) is 0.891. The smallest absolute Gasteiger partial charge is 0.164 e. The van der Waals surface area contributed by atoms with E-state index in [4.69, 9.17) is 17.3 Å². The fraction of sp³-hybridized carbons (Fsp3) is 0.125. The second kappa shape index (κ2) is 3.11. The normalized spacial score (nSPS) is 9.92. The van der Waals surface area contributed by atoms with Crippen LogP contribution in [0.3, 0.4) is 0 Å². The predicted octanol–water partition coefficient (Wildman–Crippen LogP) is 2.26. The van der Waals surface area contributed by atoms with Crippen molar-refractivity contribution in [3.63, 3.8) is 0 Å². The summed E-state index contributed by atoms with van der Waals surface area (Å²) in [5.41, 5.74) is 5.45. The summed E-state index contributed by atoms with van der Waals surface area (Å²) in [6.45, 7) is 1.24. The van der Waals surface area contributed by atoms with E-state index in [1.165, 1.54) is 13.0 Å². The monoisotopic (exact) mass is 187 g/mol. The van der Waals surface area contributed by atoms with Gasteiger partial charge in [0, 0.05) is 0 Å². The van der Waals surface area contributed by atoms with E-state index in [1.54, 1.807) is 0 Å². The van der Waals surface area contributed by atoms with Crippen LogP contribution in [-0.2, 0) is 0 Å². The lowest BCUT2D eigenvalue weighted by atomic mass is 10.1. The van der Waals surface area contributed by atoms with Gasteiger partial charge in [-0.3, -0.25) is 4.79 Å². The molecule has 12 heavy (non-hydrogen) atoms. The summed E-state index contributed by atoms with van der Waals surface area (Å²) >= 11 is 5.61. The van der Waals surface area contributed by atoms with Crippen LogP contribution in [0.15, 0.2) is 12.1 Å². The quantitative estimate of drug-likeness (QED) is 0.541. The van der Waals surface area contributed by atoms with Gasteiger partial charge in [0.2, 0.25) is 0 Å². The maximum atomic E-state index is 12.9. The summed E-state index contributed by atoms with van der Waals surface area (Å²) in [6.07, 6.45) is 0. The lowest BCUT2D eigenvalue weighted by Gasteiger charge is -2.03. The molecule has 0 aliphatic rings. The van der Waals surface area contributed by atoms with Gasteiger partial charge in [-0.1, -0.05) is 11.6 Å². The van der Waals surface area contributed by atoms with Crippen molar-refractivity contribution < 1.29 is 9.18 Å². The predicted molar refractivity (Wildman–Crippen MR) is 45.8 cm³/mol. The van der Waals surface area contributed by atoms with Gasteiger partial charge in [0.1, 0.15) is 5.82 Å². The highest BCUT2D eigenvalue weighted by atomic mass is 35.5. The van der Waals surface area contributed by atoms with Crippen molar-refractivity contribution in [1.82, 2.24) is 0 Å². The molecule has 0 atom stereocenters. The third-order valence-electron chi connectivity index (χ3n) is 1.47. The van der Waals surface area contributed by atoms with Crippen molar-refractivity contribution in [2.75, 3.05) is 5.73 Å². The minimum atomic E-state index is -0.637. The first-order valence-electron chi connectivity index (χ1n) is 3.28. The third-order valence-corrected chi connectivity index (χ3v) is 1.88. The van der Waals surface area contributed by atoms with Crippen molar-refractivity contribution in [2.45, 2.75) is 6.92 Å². The van der Waals surface area contributed by atoms with Crippen LogP contribution in [0.4, 0.5) is 10.1 Å². The Morgan fingerprint density at radius 3 is 2.58 bits per heavy atom. The van der Waals surface area contributed by atoms with Gasteiger partial charge in [-0.25, -0.2) is 4.39 Å². The van der Waals surface area contributed by atoms with Crippen molar-refractivity contribution in [3.8, 4) is 0 Å². The fourth-order valence-corrected chi connectivity index (χ4v) is 1.18. The molecule has 0 saturated heterocycles. The molecule has 0 amide bonds. The third kappa shape index (κ3) is 1.41. The highest BCUT2D eigenvalue weighted by Crippen LogP contribution is 2.25. The Bertz CT molecular complexity index is 338. The number of carbonyl (C=O) groups is 1. The van der Waals surface area contributed by atoms with Crippen molar-refractivity contribution in [1.29, 1.82) is 0 Å². The number of benzene rings is 1. The van der Waals surface area contributed by atoms with E-state index in [9.17, 15) is 9.18 Å². The van der Waals surface area contributed by atoms with Crippen LogP contribution in [0.25, 0.3) is 0 Å². The maximum absolute atomic E-state index is 12.9. The lowest BCUT2D eigenvalue weighted by molar-refractivity contribution is 0.101. The van der Waals surface area contributed by atoms with Crippen LogP contribution in [-0.4, -0.2) is 5.78 Å². The van der Waals surface area contributed by atoms with Crippen LogP contribution >= 0.6 is 11.6 Å². The highest BCUT2D eigenvalue weighted by molar-refractivity contribution is 6.36. The second-order valence-corrected chi connectivity index (χ2v) is 2.76. The Labute approximate surface area is 74.1 Å². The first kappa shape index (κ1) is 9.00. The van der Waals surface area contributed by atoms with Gasteiger partial charge in [0.15, 0.2) is 5.78 Å². The van der Waals surface area contributed by atoms with Gasteiger partial charge in [-0.05, 0) is 19.1 Å². The standard InChI is InChI=1S/C8H7ClFNO/c1-4(12)7-5(10)2-3-6(11)8(7)9/h2-3H,11H2,1H3. The number of hydrogen-bond donors (Lipinski definition) is 1. The molecule has 0 bridgehead atoms. The van der Waals surface area contributed by atoms with Crippen molar-refractivity contribution >= 4 is 23.1 Å². The Morgan fingerprint density at radius 2 is 2.17 bits per heavy atom. The summed E-state index contributed by atoms with van der Waals surface area (Å²) in [7, 11) is 0. The highest BCUT2D eigenvalue weighted by Gasteiger charge is 2.13. The number of carbonyl (C=O) groups excluding carboxylic acids is 1. The molecule has 0 spiro atoms. The minimum absolute atomic E-state index is 0.0116. The number of ketones is 1. The average molecular weight is 188 g/mol. The number of anilines is 1. The summed E-state index contributed by atoms with van der Waals surface area (Å²) < 4.78 is 12.9. The minimum Gasteiger partial charge on any atom is -0.398 e. The van der Waals surface area contributed by atoms with Crippen LogP contribution in [0, 0.1) is 5.82 Å². The molecule has 0 heterocycles. The van der Waals surface area contributed by atoms with Crippen molar-refractivity contribution in [3.05, 3.63) is 28.5 Å².